The minimum atomic E-state index is 0. The van der Waals surface area contributed by atoms with Gasteiger partial charge in [-0.25, -0.2) is 14.6 Å². The molecule has 0 spiro atoms. The second-order valence-corrected chi connectivity index (χ2v) is 5.50. The molecular formula is C15H21ClN6O. The molecule has 0 radical (unpaired) electrons. The number of hydrogen-bond donors (Lipinski definition) is 2. The predicted molar refractivity (Wildman–Crippen MR) is 89.9 cm³/mol. The number of hydrogen-bond acceptors (Lipinski definition) is 5. The van der Waals surface area contributed by atoms with Crippen molar-refractivity contribution in [2.24, 2.45) is 5.92 Å². The van der Waals surface area contributed by atoms with Crippen LogP contribution in [0, 0.1) is 5.92 Å². The second kappa shape index (κ2) is 8.59. The molecule has 2 aromatic heterocycles. The number of amides is 1. The monoisotopic (exact) mass is 336 g/mol. The first kappa shape index (κ1) is 17.4. The number of aromatic nitrogens is 4. The minimum absolute atomic E-state index is 0. The zero-order chi connectivity index (χ0) is 15.2. The highest BCUT2D eigenvalue weighted by Gasteiger charge is 2.15. The molecule has 1 amide bonds. The van der Waals surface area contributed by atoms with Crippen LogP contribution in [0.4, 0.5) is 5.69 Å². The predicted octanol–water partition coefficient (Wildman–Crippen LogP) is 1.80. The van der Waals surface area contributed by atoms with Crippen molar-refractivity contribution < 1.29 is 4.79 Å². The molecule has 3 heterocycles. The summed E-state index contributed by atoms with van der Waals surface area (Å²) in [4.78, 5) is 20.2. The zero-order valence-corrected chi connectivity index (χ0v) is 13.6. The first-order valence-electron chi connectivity index (χ1n) is 7.64. The summed E-state index contributed by atoms with van der Waals surface area (Å²) in [5.74, 6) is 1.18. The molecule has 2 aromatic rings. The molecule has 1 saturated heterocycles. The Hall–Kier alpha value is -1.99. The molecular weight excluding hydrogens is 316 g/mol. The number of carbonyl (C=O) groups excluding carboxylic acids is 1. The Morgan fingerprint density at radius 3 is 2.78 bits per heavy atom. The van der Waals surface area contributed by atoms with Crippen molar-refractivity contribution in [3.63, 3.8) is 0 Å². The van der Waals surface area contributed by atoms with Gasteiger partial charge in [0.1, 0.15) is 0 Å². The number of nitrogens with zero attached hydrogens (tertiary/aromatic N) is 4. The molecule has 124 valence electrons. The molecule has 0 aromatic carbocycles. The van der Waals surface area contributed by atoms with Crippen LogP contribution in [-0.4, -0.2) is 38.7 Å². The van der Waals surface area contributed by atoms with Crippen molar-refractivity contribution in [2.75, 3.05) is 18.4 Å². The van der Waals surface area contributed by atoms with E-state index in [0.717, 1.165) is 32.4 Å². The maximum Gasteiger partial charge on any atom is 0.250 e. The van der Waals surface area contributed by atoms with Crippen LogP contribution in [0.3, 0.4) is 0 Å². The molecule has 0 atom stereocenters. The van der Waals surface area contributed by atoms with Gasteiger partial charge in [-0.2, -0.15) is 5.10 Å². The van der Waals surface area contributed by atoms with Gasteiger partial charge >= 0.3 is 0 Å². The summed E-state index contributed by atoms with van der Waals surface area (Å²) >= 11 is 0. The summed E-state index contributed by atoms with van der Waals surface area (Å²) < 4.78 is 1.54. The van der Waals surface area contributed by atoms with Crippen LogP contribution >= 0.6 is 12.4 Å². The summed E-state index contributed by atoms with van der Waals surface area (Å²) in [5, 5.41) is 10.4. The molecule has 8 heteroatoms. The smallest absolute Gasteiger partial charge is 0.250 e. The number of carbonyl (C=O) groups is 1. The van der Waals surface area contributed by atoms with Crippen molar-refractivity contribution in [3.05, 3.63) is 30.9 Å². The van der Waals surface area contributed by atoms with E-state index in [1.807, 2.05) is 0 Å². The lowest BCUT2D eigenvalue weighted by molar-refractivity contribution is -0.116. The van der Waals surface area contributed by atoms with Gasteiger partial charge in [0.25, 0.3) is 0 Å². The third-order valence-corrected chi connectivity index (χ3v) is 3.86. The van der Waals surface area contributed by atoms with Gasteiger partial charge in [0.05, 0.1) is 18.1 Å². The van der Waals surface area contributed by atoms with Gasteiger partial charge in [0.15, 0.2) is 0 Å². The summed E-state index contributed by atoms with van der Waals surface area (Å²) in [6, 6.07) is 1.75. The van der Waals surface area contributed by atoms with Gasteiger partial charge in [0.2, 0.25) is 11.9 Å². The van der Waals surface area contributed by atoms with Gasteiger partial charge in [-0.05, 0) is 44.3 Å². The molecule has 7 nitrogen and oxygen atoms in total. The molecule has 0 unspecified atom stereocenters. The fraction of sp³-hybridized carbons (Fsp3) is 0.467. The second-order valence-electron chi connectivity index (χ2n) is 5.50. The lowest BCUT2D eigenvalue weighted by Gasteiger charge is -2.22. The van der Waals surface area contributed by atoms with Crippen molar-refractivity contribution >= 4 is 24.0 Å². The van der Waals surface area contributed by atoms with Crippen LogP contribution in [0.25, 0.3) is 5.95 Å². The van der Waals surface area contributed by atoms with E-state index in [-0.39, 0.29) is 18.3 Å². The van der Waals surface area contributed by atoms with E-state index in [1.165, 1.54) is 0 Å². The van der Waals surface area contributed by atoms with Crippen molar-refractivity contribution in [1.82, 2.24) is 25.1 Å². The average Bonchev–Trinajstić information content (AvgIpc) is 3.03. The van der Waals surface area contributed by atoms with Gasteiger partial charge in [-0.15, -0.1) is 12.4 Å². The maximum absolute atomic E-state index is 12.0. The Labute approximate surface area is 141 Å². The Bertz CT molecular complexity index is 611. The van der Waals surface area contributed by atoms with E-state index in [4.69, 9.17) is 0 Å². The van der Waals surface area contributed by atoms with Gasteiger partial charge in [0, 0.05) is 18.8 Å². The van der Waals surface area contributed by atoms with Crippen LogP contribution in [0.2, 0.25) is 0 Å². The number of piperidine rings is 1. The number of halogens is 1. The molecule has 2 N–H and O–H groups in total. The standard InChI is InChI=1S/C15H20N6O.ClH/c22-14(3-2-12-4-8-16-9-5-12)20-13-10-19-21(11-13)15-17-6-1-7-18-15;/h1,6-7,10-12,16H,2-5,8-9H2,(H,20,22);1H. The normalized spacial score (nSPS) is 15.0. The lowest BCUT2D eigenvalue weighted by atomic mass is 9.93. The van der Waals surface area contributed by atoms with Crippen molar-refractivity contribution in [1.29, 1.82) is 0 Å². The Kier molecular flexibility index (Phi) is 6.49. The molecule has 0 aliphatic carbocycles. The fourth-order valence-corrected chi connectivity index (χ4v) is 2.64. The van der Waals surface area contributed by atoms with E-state index in [1.54, 1.807) is 35.5 Å². The van der Waals surface area contributed by atoms with Crippen LogP contribution in [0.5, 0.6) is 0 Å². The largest absolute Gasteiger partial charge is 0.323 e. The third kappa shape index (κ3) is 5.01. The fourth-order valence-electron chi connectivity index (χ4n) is 2.64. The summed E-state index contributed by atoms with van der Waals surface area (Å²) in [5.41, 5.74) is 0.669. The third-order valence-electron chi connectivity index (χ3n) is 3.86. The molecule has 23 heavy (non-hydrogen) atoms. The van der Waals surface area contributed by atoms with Gasteiger partial charge in [-0.3, -0.25) is 4.79 Å². The highest BCUT2D eigenvalue weighted by Crippen LogP contribution is 2.18. The van der Waals surface area contributed by atoms with Crippen LogP contribution < -0.4 is 10.6 Å². The van der Waals surface area contributed by atoms with Crippen LogP contribution in [0.1, 0.15) is 25.7 Å². The topological polar surface area (TPSA) is 84.7 Å². The Morgan fingerprint density at radius 2 is 2.04 bits per heavy atom. The van der Waals surface area contributed by atoms with Crippen molar-refractivity contribution in [3.8, 4) is 5.95 Å². The average molecular weight is 337 g/mol. The van der Waals surface area contributed by atoms with Crippen LogP contribution in [0.15, 0.2) is 30.9 Å². The Morgan fingerprint density at radius 1 is 1.30 bits per heavy atom. The SMILES string of the molecule is Cl.O=C(CCC1CCNCC1)Nc1cnn(-c2ncccn2)c1. The molecule has 1 aliphatic heterocycles. The zero-order valence-electron chi connectivity index (χ0n) is 12.8. The molecule has 0 bridgehead atoms. The first-order valence-corrected chi connectivity index (χ1v) is 7.64. The molecule has 1 aliphatic rings. The van der Waals surface area contributed by atoms with Gasteiger partial charge < -0.3 is 10.6 Å². The number of nitrogens with one attached hydrogen (secondary N) is 2. The highest BCUT2D eigenvalue weighted by molar-refractivity contribution is 5.90. The van der Waals surface area contributed by atoms with E-state index in [0.29, 0.717) is 24.0 Å². The molecule has 0 saturated carbocycles. The number of rotatable bonds is 5. The van der Waals surface area contributed by atoms with Crippen LogP contribution in [-0.2, 0) is 4.79 Å². The maximum atomic E-state index is 12.0. The summed E-state index contributed by atoms with van der Waals surface area (Å²) in [6.45, 7) is 2.13. The molecule has 3 rings (SSSR count). The van der Waals surface area contributed by atoms with E-state index in [9.17, 15) is 4.79 Å². The summed E-state index contributed by atoms with van der Waals surface area (Å²) in [6.07, 6.45) is 10.5. The lowest BCUT2D eigenvalue weighted by Crippen LogP contribution is -2.28. The molecule has 1 fully saturated rings. The van der Waals surface area contributed by atoms with Gasteiger partial charge in [-0.1, -0.05) is 0 Å². The summed E-state index contributed by atoms with van der Waals surface area (Å²) in [7, 11) is 0. The minimum Gasteiger partial charge on any atom is -0.323 e. The quantitative estimate of drug-likeness (QED) is 0.869. The Balaban J connectivity index is 0.00000192. The van der Waals surface area contributed by atoms with Crippen molar-refractivity contribution in [2.45, 2.75) is 25.7 Å². The van der Waals surface area contributed by atoms with E-state index < -0.39 is 0 Å². The van der Waals surface area contributed by atoms with E-state index in [2.05, 4.69) is 25.7 Å². The number of anilines is 1. The first-order chi connectivity index (χ1) is 10.8. The highest BCUT2D eigenvalue weighted by atomic mass is 35.5. The van der Waals surface area contributed by atoms with E-state index >= 15 is 0 Å².